The molecule has 2 aromatic carbocycles. The van der Waals surface area contributed by atoms with Crippen LogP contribution in [0.4, 0.5) is 0 Å². The number of hydrogen-bond acceptors (Lipinski definition) is 4. The van der Waals surface area contributed by atoms with Crippen LogP contribution < -0.4 is 0 Å². The van der Waals surface area contributed by atoms with E-state index in [9.17, 15) is 4.79 Å². The zero-order chi connectivity index (χ0) is 14.7. The molecular weight excluding hydrogens is 264 g/mol. The van der Waals surface area contributed by atoms with Crippen LogP contribution in [0.3, 0.4) is 0 Å². The van der Waals surface area contributed by atoms with E-state index in [1.165, 1.54) is 4.80 Å². The summed E-state index contributed by atoms with van der Waals surface area (Å²) in [5.41, 5.74) is 2.52. The molecule has 1 heterocycles. The van der Waals surface area contributed by atoms with Crippen molar-refractivity contribution in [2.24, 2.45) is 0 Å². The molecule has 0 aliphatic carbocycles. The first-order valence-corrected chi connectivity index (χ1v) is 6.66. The summed E-state index contributed by atoms with van der Waals surface area (Å²) in [7, 11) is 0. The highest BCUT2D eigenvalue weighted by Gasteiger charge is 2.12. The van der Waals surface area contributed by atoms with Gasteiger partial charge in [-0.15, -0.1) is 10.2 Å². The Morgan fingerprint density at radius 3 is 2.52 bits per heavy atom. The Balaban J connectivity index is 1.79. The van der Waals surface area contributed by atoms with E-state index >= 15 is 0 Å². The number of benzene rings is 2. The molecule has 0 amide bonds. The van der Waals surface area contributed by atoms with Gasteiger partial charge in [0.1, 0.15) is 6.54 Å². The summed E-state index contributed by atoms with van der Waals surface area (Å²) in [5.74, 6) is 0.498. The van der Waals surface area contributed by atoms with Gasteiger partial charge in [-0.3, -0.25) is 4.79 Å². The second kappa shape index (κ2) is 5.66. The zero-order valence-corrected chi connectivity index (χ0v) is 11.6. The normalized spacial score (nSPS) is 10.5. The molecule has 5 heteroatoms. The quantitative estimate of drug-likeness (QED) is 0.688. The zero-order valence-electron chi connectivity index (χ0n) is 11.6. The number of rotatable bonds is 4. The standard InChI is InChI=1S/C16H14N4O/c1-12-7-5-6-10-14(12)15(21)11-20-18-16(17-19-20)13-8-3-2-4-9-13/h2-10H,11H2,1H3. The number of aromatic nitrogens is 4. The lowest BCUT2D eigenvalue weighted by Gasteiger charge is -2.03. The molecule has 3 aromatic rings. The molecule has 104 valence electrons. The van der Waals surface area contributed by atoms with E-state index in [0.717, 1.165) is 11.1 Å². The topological polar surface area (TPSA) is 60.7 Å². The average molecular weight is 278 g/mol. The monoisotopic (exact) mass is 278 g/mol. The average Bonchev–Trinajstić information content (AvgIpc) is 2.97. The lowest BCUT2D eigenvalue weighted by Crippen LogP contribution is -2.14. The van der Waals surface area contributed by atoms with Crippen LogP contribution in [0.15, 0.2) is 54.6 Å². The first-order chi connectivity index (χ1) is 10.2. The summed E-state index contributed by atoms with van der Waals surface area (Å²) >= 11 is 0. The van der Waals surface area contributed by atoms with Gasteiger partial charge in [-0.05, 0) is 17.7 Å². The summed E-state index contributed by atoms with van der Waals surface area (Å²) in [6, 6.07) is 17.1. The van der Waals surface area contributed by atoms with E-state index in [-0.39, 0.29) is 12.3 Å². The summed E-state index contributed by atoms with van der Waals surface area (Å²) in [4.78, 5) is 13.6. The van der Waals surface area contributed by atoms with Gasteiger partial charge in [0.15, 0.2) is 5.78 Å². The third-order valence-electron chi connectivity index (χ3n) is 3.22. The van der Waals surface area contributed by atoms with Crippen LogP contribution in [0.1, 0.15) is 15.9 Å². The van der Waals surface area contributed by atoms with Crippen LogP contribution in [-0.4, -0.2) is 26.0 Å². The fraction of sp³-hybridized carbons (Fsp3) is 0.125. The van der Waals surface area contributed by atoms with E-state index in [0.29, 0.717) is 11.4 Å². The summed E-state index contributed by atoms with van der Waals surface area (Å²) in [6.07, 6.45) is 0. The Morgan fingerprint density at radius 1 is 1.05 bits per heavy atom. The van der Waals surface area contributed by atoms with Crippen molar-refractivity contribution in [3.05, 3.63) is 65.7 Å². The van der Waals surface area contributed by atoms with Crippen molar-refractivity contribution in [3.63, 3.8) is 0 Å². The number of tetrazole rings is 1. The van der Waals surface area contributed by atoms with Gasteiger partial charge in [0.25, 0.3) is 0 Å². The Morgan fingerprint density at radius 2 is 1.76 bits per heavy atom. The predicted octanol–water partition coefficient (Wildman–Crippen LogP) is 2.53. The lowest BCUT2D eigenvalue weighted by atomic mass is 10.1. The van der Waals surface area contributed by atoms with E-state index in [1.807, 2.05) is 61.5 Å². The summed E-state index contributed by atoms with van der Waals surface area (Å²) in [5, 5.41) is 12.2. The van der Waals surface area contributed by atoms with Gasteiger partial charge in [-0.2, -0.15) is 4.80 Å². The van der Waals surface area contributed by atoms with E-state index in [1.54, 1.807) is 0 Å². The molecule has 0 spiro atoms. The predicted molar refractivity (Wildman–Crippen MR) is 78.8 cm³/mol. The molecule has 0 saturated carbocycles. The molecular formula is C16H14N4O. The number of ketones is 1. The highest BCUT2D eigenvalue weighted by Crippen LogP contribution is 2.12. The summed E-state index contributed by atoms with van der Waals surface area (Å²) in [6.45, 7) is 2.00. The summed E-state index contributed by atoms with van der Waals surface area (Å²) < 4.78 is 0. The molecule has 21 heavy (non-hydrogen) atoms. The van der Waals surface area contributed by atoms with Crippen LogP contribution in [0.25, 0.3) is 11.4 Å². The van der Waals surface area contributed by atoms with E-state index < -0.39 is 0 Å². The van der Waals surface area contributed by atoms with Gasteiger partial charge in [0, 0.05) is 11.1 Å². The Bertz CT molecular complexity index is 765. The second-order valence-corrected chi connectivity index (χ2v) is 4.75. The molecule has 1 aromatic heterocycles. The molecule has 3 rings (SSSR count). The number of carbonyl (C=O) groups is 1. The van der Waals surface area contributed by atoms with Crippen LogP contribution in [0, 0.1) is 6.92 Å². The minimum absolute atomic E-state index is 0.0230. The molecule has 5 nitrogen and oxygen atoms in total. The number of Topliss-reactive ketones (excluding diaryl/α,β-unsaturated/α-hetero) is 1. The smallest absolute Gasteiger partial charge is 0.204 e. The van der Waals surface area contributed by atoms with Crippen molar-refractivity contribution in [2.45, 2.75) is 13.5 Å². The van der Waals surface area contributed by atoms with Gasteiger partial charge in [0.05, 0.1) is 0 Å². The molecule has 0 aliphatic rings. The maximum absolute atomic E-state index is 12.3. The van der Waals surface area contributed by atoms with Crippen molar-refractivity contribution in [1.82, 2.24) is 20.2 Å². The van der Waals surface area contributed by atoms with Gasteiger partial charge in [-0.1, -0.05) is 54.6 Å². The van der Waals surface area contributed by atoms with Crippen LogP contribution in [0.5, 0.6) is 0 Å². The van der Waals surface area contributed by atoms with Crippen molar-refractivity contribution in [3.8, 4) is 11.4 Å². The van der Waals surface area contributed by atoms with Gasteiger partial charge >= 0.3 is 0 Å². The minimum Gasteiger partial charge on any atom is -0.292 e. The first kappa shape index (κ1) is 13.2. The molecule has 0 aliphatic heterocycles. The highest BCUT2D eigenvalue weighted by molar-refractivity contribution is 5.97. The fourth-order valence-electron chi connectivity index (χ4n) is 2.11. The number of aryl methyl sites for hydroxylation is 1. The Labute approximate surface area is 122 Å². The van der Waals surface area contributed by atoms with Crippen molar-refractivity contribution < 1.29 is 4.79 Å². The van der Waals surface area contributed by atoms with E-state index in [2.05, 4.69) is 15.4 Å². The Hall–Kier alpha value is -2.82. The first-order valence-electron chi connectivity index (χ1n) is 6.66. The lowest BCUT2D eigenvalue weighted by molar-refractivity contribution is 0.0961. The molecule has 0 fully saturated rings. The van der Waals surface area contributed by atoms with Crippen molar-refractivity contribution in [1.29, 1.82) is 0 Å². The van der Waals surface area contributed by atoms with Crippen molar-refractivity contribution in [2.75, 3.05) is 0 Å². The second-order valence-electron chi connectivity index (χ2n) is 4.75. The van der Waals surface area contributed by atoms with Crippen molar-refractivity contribution >= 4 is 5.78 Å². The molecule has 0 radical (unpaired) electrons. The van der Waals surface area contributed by atoms with Crippen LogP contribution in [-0.2, 0) is 6.54 Å². The van der Waals surface area contributed by atoms with Crippen LogP contribution >= 0.6 is 0 Å². The van der Waals surface area contributed by atoms with E-state index in [4.69, 9.17) is 0 Å². The molecule has 0 saturated heterocycles. The largest absolute Gasteiger partial charge is 0.292 e. The number of hydrogen-bond donors (Lipinski definition) is 0. The number of carbonyl (C=O) groups excluding carboxylic acids is 1. The molecule has 0 unspecified atom stereocenters. The third kappa shape index (κ3) is 2.86. The van der Waals surface area contributed by atoms with Gasteiger partial charge in [-0.25, -0.2) is 0 Å². The molecule has 0 bridgehead atoms. The van der Waals surface area contributed by atoms with Gasteiger partial charge in [0.2, 0.25) is 5.82 Å². The van der Waals surface area contributed by atoms with Gasteiger partial charge < -0.3 is 0 Å². The highest BCUT2D eigenvalue weighted by atomic mass is 16.1. The maximum atomic E-state index is 12.3. The van der Waals surface area contributed by atoms with Crippen LogP contribution in [0.2, 0.25) is 0 Å². The molecule has 0 atom stereocenters. The maximum Gasteiger partial charge on any atom is 0.204 e. The molecule has 0 N–H and O–H groups in total. The number of nitrogens with zero attached hydrogens (tertiary/aromatic N) is 4. The third-order valence-corrected chi connectivity index (χ3v) is 3.22. The minimum atomic E-state index is -0.0230. The fourth-order valence-corrected chi connectivity index (χ4v) is 2.11. The SMILES string of the molecule is Cc1ccccc1C(=O)Cn1nnc(-c2ccccc2)n1. The Kier molecular flexibility index (Phi) is 3.55.